The van der Waals surface area contributed by atoms with Crippen molar-refractivity contribution in [1.29, 1.82) is 0 Å². The number of thiophene rings is 1. The van der Waals surface area contributed by atoms with Crippen LogP contribution in [0.15, 0.2) is 40.5 Å². The molecule has 0 saturated carbocycles. The van der Waals surface area contributed by atoms with Gasteiger partial charge < -0.3 is 5.32 Å². The van der Waals surface area contributed by atoms with Crippen LogP contribution in [0.1, 0.15) is 37.1 Å². The van der Waals surface area contributed by atoms with Crippen LogP contribution in [0.25, 0.3) is 16.0 Å². The second kappa shape index (κ2) is 8.84. The molecule has 1 amide bonds. The highest BCUT2D eigenvalue weighted by Gasteiger charge is 2.16. The number of anilines is 1. The van der Waals surface area contributed by atoms with E-state index in [1.165, 1.54) is 47.4 Å². The Morgan fingerprint density at radius 1 is 1.12 bits per heavy atom. The fraction of sp³-hybridized carbons (Fsp3) is 0.391. The van der Waals surface area contributed by atoms with Gasteiger partial charge in [-0.1, -0.05) is 12.1 Å². The molecule has 4 aromatic rings. The largest absolute Gasteiger partial charge is 0.326 e. The molecule has 3 aromatic heterocycles. The van der Waals surface area contributed by atoms with Crippen LogP contribution in [0.4, 0.5) is 5.69 Å². The Labute approximate surface area is 189 Å². The molecule has 32 heavy (non-hydrogen) atoms. The first-order valence-electron chi connectivity index (χ1n) is 11.0. The topological polar surface area (TPSA) is 84.5 Å². The zero-order valence-electron chi connectivity index (χ0n) is 18.1. The normalized spacial score (nSPS) is 14.5. The van der Waals surface area contributed by atoms with Crippen molar-refractivity contribution in [3.05, 3.63) is 57.5 Å². The van der Waals surface area contributed by atoms with Gasteiger partial charge in [-0.05, 0) is 61.5 Å². The highest BCUT2D eigenvalue weighted by atomic mass is 32.1. The molecule has 1 aliphatic heterocycles. The molecule has 0 aliphatic carbocycles. The first-order chi connectivity index (χ1) is 15.6. The van der Waals surface area contributed by atoms with E-state index in [9.17, 15) is 9.59 Å². The average Bonchev–Trinajstić information content (AvgIpc) is 3.54. The van der Waals surface area contributed by atoms with E-state index in [-0.39, 0.29) is 11.5 Å². The van der Waals surface area contributed by atoms with Gasteiger partial charge in [0.05, 0.1) is 5.52 Å². The Morgan fingerprint density at radius 2 is 1.91 bits per heavy atom. The highest BCUT2D eigenvalue weighted by molar-refractivity contribution is 7.17. The number of likely N-dealkylation sites (tertiary alicyclic amines) is 1. The van der Waals surface area contributed by atoms with Crippen LogP contribution in [0.2, 0.25) is 0 Å². The van der Waals surface area contributed by atoms with Crippen LogP contribution in [-0.4, -0.2) is 43.1 Å². The lowest BCUT2D eigenvalue weighted by Gasteiger charge is -2.14. The number of hydrogen-bond donors (Lipinski definition) is 1. The standard InChI is InChI=1S/C23H26N6O2S/c1-27-22(31)21-18(11-14-32-21)29-19(25-26-23(27)29)5-4-6-20(30)24-17-9-7-16(8-10-17)15-28-12-2-3-13-28/h7-11,14H,2-6,12-13,15H2,1H3,(H,24,30). The Morgan fingerprint density at radius 3 is 2.69 bits per heavy atom. The molecule has 1 aliphatic rings. The third-order valence-electron chi connectivity index (χ3n) is 6.04. The van der Waals surface area contributed by atoms with E-state index >= 15 is 0 Å². The molecule has 8 nitrogen and oxygen atoms in total. The van der Waals surface area contributed by atoms with E-state index in [2.05, 4.69) is 32.5 Å². The summed E-state index contributed by atoms with van der Waals surface area (Å²) in [5, 5.41) is 13.4. The van der Waals surface area contributed by atoms with Gasteiger partial charge in [0.2, 0.25) is 11.7 Å². The quantitative estimate of drug-likeness (QED) is 0.467. The third-order valence-corrected chi connectivity index (χ3v) is 6.94. The SMILES string of the molecule is Cn1c(=O)c2sccc2n2c(CCCC(=O)Nc3ccc(CN4CCCC4)cc3)nnc12. The van der Waals surface area contributed by atoms with Crippen LogP contribution in [-0.2, 0) is 24.8 Å². The van der Waals surface area contributed by atoms with E-state index in [0.29, 0.717) is 29.7 Å². The minimum atomic E-state index is -0.0627. The van der Waals surface area contributed by atoms with E-state index in [1.807, 2.05) is 28.0 Å². The molecule has 1 fully saturated rings. The summed E-state index contributed by atoms with van der Waals surface area (Å²) in [6.07, 6.45) is 4.22. The number of amides is 1. The predicted molar refractivity (Wildman–Crippen MR) is 126 cm³/mol. The Kier molecular flexibility index (Phi) is 5.75. The van der Waals surface area contributed by atoms with Gasteiger partial charge in [-0.25, -0.2) is 0 Å². The predicted octanol–water partition coefficient (Wildman–Crippen LogP) is 3.20. The number of nitrogens with one attached hydrogen (secondary N) is 1. The highest BCUT2D eigenvalue weighted by Crippen LogP contribution is 2.20. The molecule has 1 saturated heterocycles. The fourth-order valence-electron chi connectivity index (χ4n) is 4.34. The van der Waals surface area contributed by atoms with Gasteiger partial charge in [-0.15, -0.1) is 21.5 Å². The summed E-state index contributed by atoms with van der Waals surface area (Å²) in [5.41, 5.74) is 2.86. The van der Waals surface area contributed by atoms with E-state index in [0.717, 1.165) is 23.6 Å². The van der Waals surface area contributed by atoms with Gasteiger partial charge in [0.15, 0.2) is 0 Å². The van der Waals surface area contributed by atoms with Crippen LogP contribution < -0.4 is 10.9 Å². The molecule has 0 unspecified atom stereocenters. The molecule has 9 heteroatoms. The zero-order chi connectivity index (χ0) is 22.1. The van der Waals surface area contributed by atoms with Crippen LogP contribution >= 0.6 is 11.3 Å². The number of rotatable bonds is 7. The lowest BCUT2D eigenvalue weighted by Crippen LogP contribution is -2.19. The van der Waals surface area contributed by atoms with Crippen molar-refractivity contribution in [3.63, 3.8) is 0 Å². The van der Waals surface area contributed by atoms with Gasteiger partial charge in [0.1, 0.15) is 10.5 Å². The van der Waals surface area contributed by atoms with Crippen molar-refractivity contribution in [2.75, 3.05) is 18.4 Å². The molecule has 1 aromatic carbocycles. The molecule has 0 spiro atoms. The van der Waals surface area contributed by atoms with Crippen LogP contribution in [0, 0.1) is 0 Å². The summed E-state index contributed by atoms with van der Waals surface area (Å²) >= 11 is 1.42. The summed E-state index contributed by atoms with van der Waals surface area (Å²) in [5.74, 6) is 1.27. The van der Waals surface area contributed by atoms with Crippen molar-refractivity contribution in [1.82, 2.24) is 24.1 Å². The fourth-order valence-corrected chi connectivity index (χ4v) is 5.19. The summed E-state index contributed by atoms with van der Waals surface area (Å²) in [4.78, 5) is 27.3. The number of aryl methyl sites for hydroxylation is 2. The number of carbonyl (C=O) groups excluding carboxylic acids is 1. The molecular formula is C23H26N6O2S. The van der Waals surface area contributed by atoms with Crippen molar-refractivity contribution >= 4 is 38.9 Å². The van der Waals surface area contributed by atoms with Gasteiger partial charge >= 0.3 is 0 Å². The second-order valence-corrected chi connectivity index (χ2v) is 9.25. The average molecular weight is 451 g/mol. The molecule has 166 valence electrons. The van der Waals surface area contributed by atoms with Crippen molar-refractivity contribution in [3.8, 4) is 0 Å². The van der Waals surface area contributed by atoms with Crippen molar-refractivity contribution in [2.45, 2.75) is 38.6 Å². The number of fused-ring (bicyclic) bond motifs is 3. The molecule has 0 bridgehead atoms. The van der Waals surface area contributed by atoms with Crippen molar-refractivity contribution < 1.29 is 4.79 Å². The van der Waals surface area contributed by atoms with Gasteiger partial charge in [0.25, 0.3) is 5.56 Å². The summed E-state index contributed by atoms with van der Waals surface area (Å²) in [6, 6.07) is 10.0. The Hall–Kier alpha value is -3.04. The number of aromatic nitrogens is 4. The number of nitrogens with zero attached hydrogens (tertiary/aromatic N) is 5. The molecular weight excluding hydrogens is 424 g/mol. The Bertz CT molecular complexity index is 1310. The molecule has 5 rings (SSSR count). The molecule has 4 heterocycles. The van der Waals surface area contributed by atoms with E-state index in [1.54, 1.807) is 7.05 Å². The number of hydrogen-bond acceptors (Lipinski definition) is 6. The lowest BCUT2D eigenvalue weighted by atomic mass is 10.2. The maximum atomic E-state index is 12.4. The first kappa shape index (κ1) is 20.8. The smallest absolute Gasteiger partial charge is 0.272 e. The first-order valence-corrected chi connectivity index (χ1v) is 11.9. The minimum absolute atomic E-state index is 0.0146. The molecule has 0 atom stereocenters. The molecule has 0 radical (unpaired) electrons. The van der Waals surface area contributed by atoms with Crippen molar-refractivity contribution in [2.24, 2.45) is 7.05 Å². The maximum Gasteiger partial charge on any atom is 0.272 e. The second-order valence-electron chi connectivity index (χ2n) is 8.33. The Balaban J connectivity index is 1.19. The summed E-state index contributed by atoms with van der Waals surface area (Å²) < 4.78 is 4.13. The molecule has 1 N–H and O–H groups in total. The van der Waals surface area contributed by atoms with Gasteiger partial charge in [-0.3, -0.25) is 23.5 Å². The maximum absolute atomic E-state index is 12.4. The summed E-state index contributed by atoms with van der Waals surface area (Å²) in [6.45, 7) is 3.33. The van der Waals surface area contributed by atoms with Crippen LogP contribution in [0.3, 0.4) is 0 Å². The zero-order valence-corrected chi connectivity index (χ0v) is 18.9. The lowest BCUT2D eigenvalue weighted by molar-refractivity contribution is -0.116. The summed E-state index contributed by atoms with van der Waals surface area (Å²) in [7, 11) is 1.71. The van der Waals surface area contributed by atoms with E-state index in [4.69, 9.17) is 0 Å². The van der Waals surface area contributed by atoms with Gasteiger partial charge in [-0.2, -0.15) is 0 Å². The van der Waals surface area contributed by atoms with Gasteiger partial charge in [0, 0.05) is 32.1 Å². The minimum Gasteiger partial charge on any atom is -0.326 e. The van der Waals surface area contributed by atoms with Crippen LogP contribution in [0.5, 0.6) is 0 Å². The number of carbonyl (C=O) groups is 1. The monoisotopic (exact) mass is 450 g/mol. The van der Waals surface area contributed by atoms with E-state index < -0.39 is 0 Å². The third kappa shape index (κ3) is 4.05. The number of benzene rings is 1.